The number of aryl methyl sites for hydroxylation is 1. The summed E-state index contributed by atoms with van der Waals surface area (Å²) in [5.41, 5.74) is 3.63. The summed E-state index contributed by atoms with van der Waals surface area (Å²) in [6.07, 6.45) is 2.90. The predicted octanol–water partition coefficient (Wildman–Crippen LogP) is 2.67. The molecule has 5 nitrogen and oxygen atoms in total. The van der Waals surface area contributed by atoms with Crippen LogP contribution in [-0.4, -0.2) is 27.2 Å². The number of amides is 1. The zero-order valence-electron chi connectivity index (χ0n) is 12.9. The van der Waals surface area contributed by atoms with Crippen LogP contribution in [0, 0.1) is 6.92 Å². The fourth-order valence-corrected chi connectivity index (χ4v) is 2.71. The summed E-state index contributed by atoms with van der Waals surface area (Å²) in [7, 11) is 0. The molecule has 0 unspecified atom stereocenters. The SMILES string of the molecule is CCc1[nH]nc(C(=O)NCCn2ccc3ccccc32)c1C. The molecule has 0 aliphatic heterocycles. The number of hydrogen-bond donors (Lipinski definition) is 2. The van der Waals surface area contributed by atoms with Crippen LogP contribution in [-0.2, 0) is 13.0 Å². The van der Waals surface area contributed by atoms with Gasteiger partial charge in [0.15, 0.2) is 5.69 Å². The quantitative estimate of drug-likeness (QED) is 0.760. The van der Waals surface area contributed by atoms with E-state index in [0.717, 1.165) is 24.2 Å². The minimum Gasteiger partial charge on any atom is -0.349 e. The molecule has 0 radical (unpaired) electrons. The first-order valence-corrected chi connectivity index (χ1v) is 7.56. The molecule has 3 rings (SSSR count). The number of aromatic nitrogens is 3. The Morgan fingerprint density at radius 1 is 1.32 bits per heavy atom. The monoisotopic (exact) mass is 296 g/mol. The van der Waals surface area contributed by atoms with Crippen molar-refractivity contribution < 1.29 is 4.79 Å². The van der Waals surface area contributed by atoms with Crippen LogP contribution in [0.4, 0.5) is 0 Å². The molecular weight excluding hydrogens is 276 g/mol. The maximum Gasteiger partial charge on any atom is 0.272 e. The summed E-state index contributed by atoms with van der Waals surface area (Å²) in [6.45, 7) is 5.28. The number of H-pyrrole nitrogens is 1. The van der Waals surface area contributed by atoms with E-state index in [9.17, 15) is 4.79 Å². The lowest BCUT2D eigenvalue weighted by Gasteiger charge is -2.07. The third kappa shape index (κ3) is 2.62. The highest BCUT2D eigenvalue weighted by molar-refractivity contribution is 5.93. The molecule has 3 aromatic rings. The van der Waals surface area contributed by atoms with E-state index in [-0.39, 0.29) is 5.91 Å². The van der Waals surface area contributed by atoms with Gasteiger partial charge < -0.3 is 9.88 Å². The van der Waals surface area contributed by atoms with Crippen LogP contribution in [0.1, 0.15) is 28.7 Å². The Morgan fingerprint density at radius 3 is 2.91 bits per heavy atom. The minimum atomic E-state index is -0.120. The van der Waals surface area contributed by atoms with E-state index < -0.39 is 0 Å². The number of para-hydroxylation sites is 1. The van der Waals surface area contributed by atoms with E-state index in [0.29, 0.717) is 12.2 Å². The number of nitrogens with zero attached hydrogens (tertiary/aromatic N) is 2. The van der Waals surface area contributed by atoms with Gasteiger partial charge in [0.2, 0.25) is 0 Å². The van der Waals surface area contributed by atoms with Crippen LogP contribution in [0.3, 0.4) is 0 Å². The first-order chi connectivity index (χ1) is 10.7. The van der Waals surface area contributed by atoms with Crippen LogP contribution in [0.2, 0.25) is 0 Å². The third-order valence-electron chi connectivity index (χ3n) is 4.00. The molecule has 114 valence electrons. The lowest BCUT2D eigenvalue weighted by Crippen LogP contribution is -2.28. The molecule has 22 heavy (non-hydrogen) atoms. The van der Waals surface area contributed by atoms with Crippen molar-refractivity contribution >= 4 is 16.8 Å². The fraction of sp³-hybridized carbons (Fsp3) is 0.294. The van der Waals surface area contributed by atoms with E-state index in [2.05, 4.69) is 38.3 Å². The van der Waals surface area contributed by atoms with Gasteiger partial charge >= 0.3 is 0 Å². The van der Waals surface area contributed by atoms with Crippen LogP contribution >= 0.6 is 0 Å². The van der Waals surface area contributed by atoms with Crippen molar-refractivity contribution in [3.8, 4) is 0 Å². The van der Waals surface area contributed by atoms with Gasteiger partial charge in [0.1, 0.15) is 0 Å². The molecule has 0 spiro atoms. The number of fused-ring (bicyclic) bond motifs is 1. The second-order valence-corrected chi connectivity index (χ2v) is 5.35. The van der Waals surface area contributed by atoms with E-state index >= 15 is 0 Å². The molecule has 2 N–H and O–H groups in total. The molecule has 0 aliphatic rings. The van der Waals surface area contributed by atoms with Crippen LogP contribution in [0.25, 0.3) is 10.9 Å². The first kappa shape index (κ1) is 14.4. The van der Waals surface area contributed by atoms with E-state index in [1.165, 1.54) is 10.9 Å². The Hall–Kier alpha value is -2.56. The summed E-state index contributed by atoms with van der Waals surface area (Å²) in [6, 6.07) is 10.3. The van der Waals surface area contributed by atoms with Crippen molar-refractivity contribution in [1.82, 2.24) is 20.1 Å². The first-order valence-electron chi connectivity index (χ1n) is 7.56. The molecule has 2 heterocycles. The van der Waals surface area contributed by atoms with Crippen LogP contribution < -0.4 is 5.32 Å². The van der Waals surface area contributed by atoms with Gasteiger partial charge in [-0.2, -0.15) is 5.10 Å². The average Bonchev–Trinajstić information content (AvgIpc) is 3.11. The molecular formula is C17H20N4O. The van der Waals surface area contributed by atoms with Gasteiger partial charge in [-0.15, -0.1) is 0 Å². The van der Waals surface area contributed by atoms with Gasteiger partial charge in [-0.1, -0.05) is 25.1 Å². The standard InChI is InChI=1S/C17H20N4O/c1-3-14-12(2)16(20-19-14)17(22)18-9-11-21-10-8-13-6-4-5-7-15(13)21/h4-8,10H,3,9,11H2,1-2H3,(H,18,22)(H,19,20). The number of rotatable bonds is 5. The molecule has 0 fully saturated rings. The lowest BCUT2D eigenvalue weighted by atomic mass is 10.1. The number of aromatic amines is 1. The van der Waals surface area contributed by atoms with Crippen molar-refractivity contribution in [2.75, 3.05) is 6.54 Å². The normalized spacial score (nSPS) is 11.0. The highest BCUT2D eigenvalue weighted by Crippen LogP contribution is 2.14. The topological polar surface area (TPSA) is 62.7 Å². The Morgan fingerprint density at radius 2 is 2.14 bits per heavy atom. The maximum atomic E-state index is 12.2. The molecule has 0 saturated heterocycles. The second kappa shape index (κ2) is 6.05. The number of nitrogens with one attached hydrogen (secondary N) is 2. The van der Waals surface area contributed by atoms with E-state index in [1.807, 2.05) is 32.2 Å². The largest absolute Gasteiger partial charge is 0.349 e. The Balaban J connectivity index is 1.63. The molecule has 0 bridgehead atoms. The average molecular weight is 296 g/mol. The molecule has 0 aliphatic carbocycles. The number of benzene rings is 1. The van der Waals surface area contributed by atoms with Crippen molar-refractivity contribution in [2.45, 2.75) is 26.8 Å². The Bertz CT molecular complexity index is 800. The van der Waals surface area contributed by atoms with E-state index in [4.69, 9.17) is 0 Å². The van der Waals surface area contributed by atoms with Crippen LogP contribution in [0.5, 0.6) is 0 Å². The van der Waals surface area contributed by atoms with Crippen LogP contribution in [0.15, 0.2) is 36.5 Å². The fourth-order valence-electron chi connectivity index (χ4n) is 2.71. The predicted molar refractivity (Wildman–Crippen MR) is 87.0 cm³/mol. The smallest absolute Gasteiger partial charge is 0.272 e. The van der Waals surface area contributed by atoms with Gasteiger partial charge in [0, 0.05) is 36.1 Å². The van der Waals surface area contributed by atoms with Gasteiger partial charge in [0.25, 0.3) is 5.91 Å². The highest BCUT2D eigenvalue weighted by atomic mass is 16.1. The van der Waals surface area contributed by atoms with Gasteiger partial charge in [0.05, 0.1) is 0 Å². The Labute approximate surface area is 129 Å². The van der Waals surface area contributed by atoms with E-state index in [1.54, 1.807) is 0 Å². The molecule has 1 aromatic carbocycles. The molecule has 0 atom stereocenters. The zero-order valence-corrected chi connectivity index (χ0v) is 12.9. The van der Waals surface area contributed by atoms with Crippen molar-refractivity contribution in [3.63, 3.8) is 0 Å². The zero-order chi connectivity index (χ0) is 15.5. The summed E-state index contributed by atoms with van der Waals surface area (Å²) >= 11 is 0. The van der Waals surface area contributed by atoms with Gasteiger partial charge in [-0.05, 0) is 30.9 Å². The van der Waals surface area contributed by atoms with Gasteiger partial charge in [-0.3, -0.25) is 9.89 Å². The van der Waals surface area contributed by atoms with Gasteiger partial charge in [-0.25, -0.2) is 0 Å². The lowest BCUT2D eigenvalue weighted by molar-refractivity contribution is 0.0947. The molecule has 0 saturated carbocycles. The Kier molecular flexibility index (Phi) is 3.96. The second-order valence-electron chi connectivity index (χ2n) is 5.35. The number of hydrogen-bond acceptors (Lipinski definition) is 2. The summed E-state index contributed by atoms with van der Waals surface area (Å²) in [5.74, 6) is -0.120. The van der Waals surface area contributed by atoms with Crippen molar-refractivity contribution in [3.05, 3.63) is 53.5 Å². The van der Waals surface area contributed by atoms with Crippen molar-refractivity contribution in [1.29, 1.82) is 0 Å². The summed E-state index contributed by atoms with van der Waals surface area (Å²) < 4.78 is 2.14. The third-order valence-corrected chi connectivity index (χ3v) is 4.00. The number of carbonyl (C=O) groups is 1. The highest BCUT2D eigenvalue weighted by Gasteiger charge is 2.14. The molecule has 1 amide bonds. The minimum absolute atomic E-state index is 0.120. The van der Waals surface area contributed by atoms with Crippen molar-refractivity contribution in [2.24, 2.45) is 0 Å². The summed E-state index contributed by atoms with van der Waals surface area (Å²) in [4.78, 5) is 12.2. The summed E-state index contributed by atoms with van der Waals surface area (Å²) in [5, 5.41) is 11.2. The molecule has 2 aromatic heterocycles. The maximum absolute atomic E-state index is 12.2. The number of carbonyl (C=O) groups excluding carboxylic acids is 1. The molecule has 5 heteroatoms.